The molecule has 3 rings (SSSR count). The van der Waals surface area contributed by atoms with Gasteiger partial charge in [0, 0.05) is 11.6 Å². The molecule has 1 aliphatic carbocycles. The summed E-state index contributed by atoms with van der Waals surface area (Å²) in [5.41, 5.74) is 6.60. The lowest BCUT2D eigenvalue weighted by molar-refractivity contribution is 0.300. The van der Waals surface area contributed by atoms with Gasteiger partial charge in [-0.3, -0.25) is 0 Å². The first-order chi connectivity index (χ1) is 11.2. The fraction of sp³-hybridized carbons (Fsp3) is 0.368. The van der Waals surface area contributed by atoms with Gasteiger partial charge < -0.3 is 10.5 Å². The summed E-state index contributed by atoms with van der Waals surface area (Å²) in [5.74, 6) is -1.14. The number of halogens is 2. The second-order valence-corrected chi connectivity index (χ2v) is 6.12. The Morgan fingerprint density at radius 3 is 2.35 bits per heavy atom. The van der Waals surface area contributed by atoms with E-state index in [2.05, 4.69) is 0 Å². The maximum Gasteiger partial charge on any atom is 0.198 e. The van der Waals surface area contributed by atoms with E-state index in [4.69, 9.17) is 10.5 Å². The Bertz CT molecular complexity index is 654. The molecule has 122 valence electrons. The minimum atomic E-state index is -0.717. The molecule has 4 heteroatoms. The van der Waals surface area contributed by atoms with Gasteiger partial charge >= 0.3 is 0 Å². The van der Waals surface area contributed by atoms with Gasteiger partial charge in [0.25, 0.3) is 0 Å². The fourth-order valence-corrected chi connectivity index (χ4v) is 3.25. The highest BCUT2D eigenvalue weighted by atomic mass is 19.1. The first-order valence-corrected chi connectivity index (χ1v) is 8.13. The molecule has 1 fully saturated rings. The van der Waals surface area contributed by atoms with Crippen molar-refractivity contribution in [3.05, 3.63) is 59.7 Å². The fourth-order valence-electron chi connectivity index (χ4n) is 3.25. The smallest absolute Gasteiger partial charge is 0.198 e. The number of ether oxygens (including phenoxy) is 1. The molecule has 2 N–H and O–H groups in total. The quantitative estimate of drug-likeness (QED) is 0.826. The van der Waals surface area contributed by atoms with Crippen molar-refractivity contribution in [3.8, 4) is 11.5 Å². The van der Waals surface area contributed by atoms with E-state index in [1.165, 1.54) is 18.6 Å². The second-order valence-electron chi connectivity index (χ2n) is 6.12. The van der Waals surface area contributed by atoms with Crippen molar-refractivity contribution in [3.63, 3.8) is 0 Å². The van der Waals surface area contributed by atoms with E-state index < -0.39 is 17.7 Å². The molecule has 2 nitrogen and oxygen atoms in total. The van der Waals surface area contributed by atoms with Crippen LogP contribution in [-0.4, -0.2) is 0 Å². The molecule has 0 radical (unpaired) electrons. The molecule has 0 heterocycles. The molecule has 1 aliphatic rings. The van der Waals surface area contributed by atoms with Gasteiger partial charge in [-0.05, 0) is 37.0 Å². The third-order valence-electron chi connectivity index (χ3n) is 4.56. The van der Waals surface area contributed by atoms with E-state index in [-0.39, 0.29) is 11.7 Å². The van der Waals surface area contributed by atoms with Crippen LogP contribution in [0.25, 0.3) is 0 Å². The monoisotopic (exact) mass is 317 g/mol. The maximum absolute atomic E-state index is 14.8. The van der Waals surface area contributed by atoms with Crippen LogP contribution in [0.3, 0.4) is 0 Å². The zero-order chi connectivity index (χ0) is 16.2. The second kappa shape index (κ2) is 7.09. The number of hydrogen-bond acceptors (Lipinski definition) is 2. The highest BCUT2D eigenvalue weighted by Gasteiger charge is 2.27. The highest BCUT2D eigenvalue weighted by Crippen LogP contribution is 2.37. The molecule has 0 aliphatic heterocycles. The predicted octanol–water partition coefficient (Wildman–Crippen LogP) is 5.34. The van der Waals surface area contributed by atoms with Crippen molar-refractivity contribution >= 4 is 0 Å². The van der Waals surface area contributed by atoms with Gasteiger partial charge in [-0.2, -0.15) is 0 Å². The van der Waals surface area contributed by atoms with Crippen molar-refractivity contribution in [2.45, 2.75) is 38.1 Å². The predicted molar refractivity (Wildman–Crippen MR) is 86.4 cm³/mol. The van der Waals surface area contributed by atoms with E-state index in [0.717, 1.165) is 25.7 Å². The van der Waals surface area contributed by atoms with Gasteiger partial charge in [-0.25, -0.2) is 8.78 Å². The average molecular weight is 317 g/mol. The summed E-state index contributed by atoms with van der Waals surface area (Å²) >= 11 is 0. The van der Waals surface area contributed by atoms with Crippen LogP contribution in [-0.2, 0) is 0 Å². The van der Waals surface area contributed by atoms with Gasteiger partial charge in [-0.1, -0.05) is 43.5 Å². The highest BCUT2D eigenvalue weighted by molar-refractivity contribution is 5.38. The molecule has 0 saturated heterocycles. The molecular weight excluding hydrogens is 296 g/mol. The first-order valence-electron chi connectivity index (χ1n) is 8.13. The summed E-state index contributed by atoms with van der Waals surface area (Å²) in [6.45, 7) is 0. The zero-order valence-electron chi connectivity index (χ0n) is 13.0. The van der Waals surface area contributed by atoms with Crippen LogP contribution in [0.1, 0.15) is 43.7 Å². The Morgan fingerprint density at radius 2 is 1.65 bits per heavy atom. The lowest BCUT2D eigenvalue weighted by atomic mass is 9.81. The summed E-state index contributed by atoms with van der Waals surface area (Å²) in [5, 5.41) is 0. The molecule has 2 aromatic carbocycles. The Balaban J connectivity index is 1.88. The normalized spacial score (nSPS) is 17.0. The molecule has 2 aromatic rings. The van der Waals surface area contributed by atoms with Gasteiger partial charge in [0.1, 0.15) is 5.75 Å². The molecule has 0 aromatic heterocycles. The van der Waals surface area contributed by atoms with Crippen molar-refractivity contribution in [1.82, 2.24) is 0 Å². The van der Waals surface area contributed by atoms with Gasteiger partial charge in [0.05, 0.1) is 0 Å². The first kappa shape index (κ1) is 15.9. The third-order valence-corrected chi connectivity index (χ3v) is 4.56. The SMILES string of the molecule is N[C@H](c1ccc(F)c(Oc2ccccc2)c1F)C1CCCCC1. The van der Waals surface area contributed by atoms with Crippen molar-refractivity contribution < 1.29 is 13.5 Å². The van der Waals surface area contributed by atoms with Crippen molar-refractivity contribution in [2.75, 3.05) is 0 Å². The Kier molecular flexibility index (Phi) is 4.91. The maximum atomic E-state index is 14.8. The minimum absolute atomic E-state index is 0.244. The molecule has 23 heavy (non-hydrogen) atoms. The number of rotatable bonds is 4. The molecule has 1 atom stereocenters. The molecular formula is C19H21F2NO. The van der Waals surface area contributed by atoms with E-state index >= 15 is 0 Å². The Labute approximate surface area is 135 Å². The summed E-state index contributed by atoms with van der Waals surface area (Å²) in [6, 6.07) is 10.9. The minimum Gasteiger partial charge on any atom is -0.451 e. The van der Waals surface area contributed by atoms with Crippen LogP contribution >= 0.6 is 0 Å². The van der Waals surface area contributed by atoms with Crippen LogP contribution in [0.4, 0.5) is 8.78 Å². The number of para-hydroxylation sites is 1. The van der Waals surface area contributed by atoms with Crippen LogP contribution in [0.15, 0.2) is 42.5 Å². The van der Waals surface area contributed by atoms with Gasteiger partial charge in [0.15, 0.2) is 17.4 Å². The van der Waals surface area contributed by atoms with Crippen LogP contribution in [0.5, 0.6) is 11.5 Å². The largest absolute Gasteiger partial charge is 0.451 e. The van der Waals surface area contributed by atoms with Crippen molar-refractivity contribution in [2.24, 2.45) is 11.7 Å². The summed E-state index contributed by atoms with van der Waals surface area (Å²) in [6.07, 6.45) is 5.43. The summed E-state index contributed by atoms with van der Waals surface area (Å²) in [4.78, 5) is 0. The average Bonchev–Trinajstić information content (AvgIpc) is 2.60. The van der Waals surface area contributed by atoms with Gasteiger partial charge in [0.2, 0.25) is 0 Å². The Morgan fingerprint density at radius 1 is 0.957 bits per heavy atom. The molecule has 0 amide bonds. The lowest BCUT2D eigenvalue weighted by Gasteiger charge is -2.28. The van der Waals surface area contributed by atoms with E-state index in [9.17, 15) is 8.78 Å². The van der Waals surface area contributed by atoms with Crippen LogP contribution < -0.4 is 10.5 Å². The van der Waals surface area contributed by atoms with E-state index in [0.29, 0.717) is 11.3 Å². The molecule has 1 saturated carbocycles. The topological polar surface area (TPSA) is 35.2 Å². The Hall–Kier alpha value is -1.94. The lowest BCUT2D eigenvalue weighted by Crippen LogP contribution is -2.24. The van der Waals surface area contributed by atoms with E-state index in [1.807, 2.05) is 6.07 Å². The van der Waals surface area contributed by atoms with Crippen LogP contribution in [0, 0.1) is 17.6 Å². The van der Waals surface area contributed by atoms with E-state index in [1.54, 1.807) is 24.3 Å². The molecule has 0 unspecified atom stereocenters. The summed E-state index contributed by atoms with van der Waals surface area (Å²) in [7, 11) is 0. The number of benzene rings is 2. The van der Waals surface area contributed by atoms with Crippen molar-refractivity contribution in [1.29, 1.82) is 0 Å². The van der Waals surface area contributed by atoms with Crippen LogP contribution in [0.2, 0.25) is 0 Å². The standard InChI is InChI=1S/C19H21F2NO/c20-16-12-11-15(18(22)13-7-3-1-4-8-13)17(21)19(16)23-14-9-5-2-6-10-14/h2,5-6,9-13,18H,1,3-4,7-8,22H2/t18-/m0/s1. The molecule has 0 bridgehead atoms. The molecule has 0 spiro atoms. The number of hydrogen-bond donors (Lipinski definition) is 1. The zero-order valence-corrected chi connectivity index (χ0v) is 13.0. The summed E-state index contributed by atoms with van der Waals surface area (Å²) < 4.78 is 34.2. The third kappa shape index (κ3) is 3.53. The van der Waals surface area contributed by atoms with Gasteiger partial charge in [-0.15, -0.1) is 0 Å². The number of nitrogens with two attached hydrogens (primary N) is 1.